The maximum atomic E-state index is 6.55. The molecule has 1 nitrogen and oxygen atoms in total. The first-order valence-corrected chi connectivity index (χ1v) is 6.43. The molecule has 0 spiro atoms. The molecule has 0 radical (unpaired) electrons. The second-order valence-corrected chi connectivity index (χ2v) is 5.61. The third-order valence-corrected chi connectivity index (χ3v) is 4.22. The highest BCUT2D eigenvalue weighted by molar-refractivity contribution is 5.31. The molecule has 2 unspecified atom stereocenters. The van der Waals surface area contributed by atoms with E-state index in [0.29, 0.717) is 11.8 Å². The summed E-state index contributed by atoms with van der Waals surface area (Å²) in [4.78, 5) is 0. The zero-order chi connectivity index (χ0) is 11.8. The molecule has 1 aromatic carbocycles. The highest BCUT2D eigenvalue weighted by Gasteiger charge is 2.37. The zero-order valence-electron chi connectivity index (χ0n) is 10.7. The first-order chi connectivity index (χ1) is 7.54. The van der Waals surface area contributed by atoms with E-state index in [1.807, 2.05) is 0 Å². The van der Waals surface area contributed by atoms with Gasteiger partial charge in [0.25, 0.3) is 0 Å². The van der Waals surface area contributed by atoms with E-state index in [4.69, 9.17) is 5.73 Å². The Morgan fingerprint density at radius 1 is 1.25 bits per heavy atom. The van der Waals surface area contributed by atoms with Crippen molar-refractivity contribution in [2.75, 3.05) is 0 Å². The second kappa shape index (κ2) is 4.21. The maximum Gasteiger partial charge on any atom is 0.0435 e. The van der Waals surface area contributed by atoms with Gasteiger partial charge in [0.15, 0.2) is 0 Å². The molecule has 0 heterocycles. The standard InChI is InChI=1S/C15H23N/c1-11(2)13-6-8-14(9-7-13)15(16)10-4-5-12(15)3/h6-9,11-12H,4-5,10,16H2,1-3H3. The van der Waals surface area contributed by atoms with E-state index in [2.05, 4.69) is 45.0 Å². The Morgan fingerprint density at radius 3 is 2.31 bits per heavy atom. The Bertz CT molecular complexity index is 352. The van der Waals surface area contributed by atoms with Gasteiger partial charge in [-0.2, -0.15) is 0 Å². The van der Waals surface area contributed by atoms with Gasteiger partial charge in [0.05, 0.1) is 0 Å². The summed E-state index contributed by atoms with van der Waals surface area (Å²) in [6.45, 7) is 6.74. The van der Waals surface area contributed by atoms with Gasteiger partial charge in [-0.15, -0.1) is 0 Å². The summed E-state index contributed by atoms with van der Waals surface area (Å²) in [5.41, 5.74) is 9.20. The zero-order valence-corrected chi connectivity index (χ0v) is 10.7. The summed E-state index contributed by atoms with van der Waals surface area (Å²) < 4.78 is 0. The van der Waals surface area contributed by atoms with Gasteiger partial charge in [-0.25, -0.2) is 0 Å². The van der Waals surface area contributed by atoms with Crippen LogP contribution in [0.5, 0.6) is 0 Å². The summed E-state index contributed by atoms with van der Waals surface area (Å²) in [5.74, 6) is 1.21. The molecule has 1 saturated carbocycles. The van der Waals surface area contributed by atoms with E-state index in [1.165, 1.54) is 24.0 Å². The summed E-state index contributed by atoms with van der Waals surface area (Å²) in [7, 11) is 0. The third-order valence-electron chi connectivity index (χ3n) is 4.22. The van der Waals surface area contributed by atoms with Crippen LogP contribution < -0.4 is 5.73 Å². The second-order valence-electron chi connectivity index (χ2n) is 5.61. The van der Waals surface area contributed by atoms with Crippen molar-refractivity contribution >= 4 is 0 Å². The molecule has 1 heteroatoms. The first kappa shape index (κ1) is 11.7. The third kappa shape index (κ3) is 1.89. The molecule has 2 N–H and O–H groups in total. The number of rotatable bonds is 2. The van der Waals surface area contributed by atoms with E-state index in [0.717, 1.165) is 6.42 Å². The molecular formula is C15H23N. The van der Waals surface area contributed by atoms with Gasteiger partial charge in [0.1, 0.15) is 0 Å². The molecular weight excluding hydrogens is 194 g/mol. The van der Waals surface area contributed by atoms with Gasteiger partial charge < -0.3 is 5.73 Å². The largest absolute Gasteiger partial charge is 0.321 e. The van der Waals surface area contributed by atoms with E-state index >= 15 is 0 Å². The van der Waals surface area contributed by atoms with Crippen LogP contribution in [0.1, 0.15) is 57.1 Å². The molecule has 1 aromatic rings. The van der Waals surface area contributed by atoms with E-state index < -0.39 is 0 Å². The minimum absolute atomic E-state index is 0.0739. The van der Waals surface area contributed by atoms with Crippen LogP contribution in [0.4, 0.5) is 0 Å². The summed E-state index contributed by atoms with van der Waals surface area (Å²) in [5, 5.41) is 0. The van der Waals surface area contributed by atoms with Crippen LogP contribution in [0.3, 0.4) is 0 Å². The van der Waals surface area contributed by atoms with Crippen molar-refractivity contribution in [1.82, 2.24) is 0 Å². The first-order valence-electron chi connectivity index (χ1n) is 6.43. The van der Waals surface area contributed by atoms with Gasteiger partial charge in [-0.05, 0) is 35.8 Å². The monoisotopic (exact) mass is 217 g/mol. The molecule has 0 aromatic heterocycles. The van der Waals surface area contributed by atoms with Crippen molar-refractivity contribution in [3.05, 3.63) is 35.4 Å². The van der Waals surface area contributed by atoms with Crippen molar-refractivity contribution in [3.63, 3.8) is 0 Å². The lowest BCUT2D eigenvalue weighted by molar-refractivity contribution is 0.349. The molecule has 0 bridgehead atoms. The van der Waals surface area contributed by atoms with Crippen LogP contribution >= 0.6 is 0 Å². The van der Waals surface area contributed by atoms with Gasteiger partial charge in [-0.1, -0.05) is 51.5 Å². The van der Waals surface area contributed by atoms with Gasteiger partial charge in [0.2, 0.25) is 0 Å². The van der Waals surface area contributed by atoms with Crippen molar-refractivity contribution in [1.29, 1.82) is 0 Å². The molecule has 1 fully saturated rings. The smallest absolute Gasteiger partial charge is 0.0435 e. The SMILES string of the molecule is CC(C)c1ccc(C2(N)CCCC2C)cc1. The normalized spacial score (nSPS) is 29.9. The van der Waals surface area contributed by atoms with Crippen molar-refractivity contribution in [2.24, 2.45) is 11.7 Å². The molecule has 16 heavy (non-hydrogen) atoms. The molecule has 0 amide bonds. The average molecular weight is 217 g/mol. The number of hydrogen-bond donors (Lipinski definition) is 1. The Hall–Kier alpha value is -0.820. The van der Waals surface area contributed by atoms with Crippen LogP contribution in [0.15, 0.2) is 24.3 Å². The maximum absolute atomic E-state index is 6.55. The topological polar surface area (TPSA) is 26.0 Å². The van der Waals surface area contributed by atoms with Gasteiger partial charge in [-0.3, -0.25) is 0 Å². The molecule has 0 aliphatic heterocycles. The lowest BCUT2D eigenvalue weighted by Gasteiger charge is -2.30. The highest BCUT2D eigenvalue weighted by Crippen LogP contribution is 2.41. The van der Waals surface area contributed by atoms with Crippen LogP contribution in [0.25, 0.3) is 0 Å². The summed E-state index contributed by atoms with van der Waals surface area (Å²) in [6.07, 6.45) is 3.67. The van der Waals surface area contributed by atoms with Gasteiger partial charge >= 0.3 is 0 Å². The fourth-order valence-electron chi connectivity index (χ4n) is 2.81. The Morgan fingerprint density at radius 2 is 1.88 bits per heavy atom. The lowest BCUT2D eigenvalue weighted by Crippen LogP contribution is -2.38. The van der Waals surface area contributed by atoms with Crippen LogP contribution in [-0.2, 0) is 5.54 Å². The number of hydrogen-bond acceptors (Lipinski definition) is 1. The Labute approximate surface area is 99.0 Å². The molecule has 88 valence electrons. The van der Waals surface area contributed by atoms with Crippen LogP contribution in [0.2, 0.25) is 0 Å². The van der Waals surface area contributed by atoms with Crippen molar-refractivity contribution < 1.29 is 0 Å². The number of nitrogens with two attached hydrogens (primary N) is 1. The van der Waals surface area contributed by atoms with E-state index in [-0.39, 0.29) is 5.54 Å². The minimum atomic E-state index is -0.0739. The molecule has 0 saturated heterocycles. The van der Waals surface area contributed by atoms with Crippen molar-refractivity contribution in [2.45, 2.75) is 51.5 Å². The molecule has 1 aliphatic carbocycles. The minimum Gasteiger partial charge on any atom is -0.321 e. The van der Waals surface area contributed by atoms with Crippen LogP contribution in [0, 0.1) is 5.92 Å². The predicted octanol–water partition coefficient (Wildman–Crippen LogP) is 3.78. The Kier molecular flexibility index (Phi) is 3.07. The fraction of sp³-hybridized carbons (Fsp3) is 0.600. The number of benzene rings is 1. The van der Waals surface area contributed by atoms with E-state index in [1.54, 1.807) is 0 Å². The highest BCUT2D eigenvalue weighted by atomic mass is 14.8. The average Bonchev–Trinajstić information content (AvgIpc) is 2.61. The fourth-order valence-corrected chi connectivity index (χ4v) is 2.81. The summed E-state index contributed by atoms with van der Waals surface area (Å²) in [6, 6.07) is 8.94. The summed E-state index contributed by atoms with van der Waals surface area (Å²) >= 11 is 0. The van der Waals surface area contributed by atoms with Crippen LogP contribution in [-0.4, -0.2) is 0 Å². The molecule has 2 atom stereocenters. The Balaban J connectivity index is 2.27. The van der Waals surface area contributed by atoms with Crippen molar-refractivity contribution in [3.8, 4) is 0 Å². The van der Waals surface area contributed by atoms with E-state index in [9.17, 15) is 0 Å². The lowest BCUT2D eigenvalue weighted by atomic mass is 9.82. The molecule has 1 aliphatic rings. The quantitative estimate of drug-likeness (QED) is 0.801. The van der Waals surface area contributed by atoms with Gasteiger partial charge in [0, 0.05) is 5.54 Å². The predicted molar refractivity (Wildman–Crippen MR) is 69.4 cm³/mol. The molecule has 2 rings (SSSR count).